The summed E-state index contributed by atoms with van der Waals surface area (Å²) < 4.78 is 38.6. The van der Waals surface area contributed by atoms with E-state index in [0.29, 0.717) is 19.0 Å². The maximum absolute atomic E-state index is 14.4. The van der Waals surface area contributed by atoms with E-state index in [1.807, 2.05) is 46.7 Å². The molecule has 4 fully saturated rings. The van der Waals surface area contributed by atoms with E-state index in [1.165, 1.54) is 6.92 Å². The average molecular weight is 832 g/mol. The molecule has 3 saturated heterocycles. The fraction of sp³-hybridized carbons (Fsp3) is 0.977. The summed E-state index contributed by atoms with van der Waals surface area (Å²) in [5.74, 6) is -2.65. The summed E-state index contributed by atoms with van der Waals surface area (Å²) in [6.07, 6.45) is -3.16. The van der Waals surface area contributed by atoms with Gasteiger partial charge in [-0.05, 0) is 107 Å². The molecular weight excluding hydrogens is 750 g/mol. The van der Waals surface area contributed by atoms with Gasteiger partial charge in [0.25, 0.3) is 0 Å². The van der Waals surface area contributed by atoms with Crippen LogP contribution in [0, 0.1) is 17.8 Å². The Kier molecular flexibility index (Phi) is 17.1. The topological polar surface area (TPSA) is 201 Å². The van der Waals surface area contributed by atoms with Gasteiger partial charge in [0.1, 0.15) is 35.1 Å². The zero-order chi connectivity index (χ0) is 43.5. The second-order valence-corrected chi connectivity index (χ2v) is 19.4. The SMILES string of the molecule is CC[C@@H]1OC(=O)[C@H](C)[C@@H](O[C@H]2C[C@@](C)(OC)[C@@](O)(CNC3CCCC3)[C@H](C)O2)[C@H](C)[C@@H](O[C@@H]2O[C@H](C)C[C@H](N(C)C)[C@H]2O)[C@@](C)(O)C[C@@H](C)CN[C@@H](C)[C@@H](O)[C@]1(C)O. The Labute approximate surface area is 348 Å². The van der Waals surface area contributed by atoms with Crippen molar-refractivity contribution in [2.24, 2.45) is 17.8 Å². The number of nitrogens with one attached hydrogen (secondary N) is 2. The average Bonchev–Trinajstić information content (AvgIpc) is 3.68. The van der Waals surface area contributed by atoms with Crippen molar-refractivity contribution in [3.63, 3.8) is 0 Å². The van der Waals surface area contributed by atoms with Crippen molar-refractivity contribution >= 4 is 5.97 Å². The Morgan fingerprint density at radius 1 is 0.948 bits per heavy atom. The highest BCUT2D eigenvalue weighted by atomic mass is 16.7. The second kappa shape index (κ2) is 20.0. The fourth-order valence-electron chi connectivity index (χ4n) is 10.2. The summed E-state index contributed by atoms with van der Waals surface area (Å²) in [5, 5.41) is 66.4. The van der Waals surface area contributed by atoms with Gasteiger partial charge in [-0.1, -0.05) is 33.6 Å². The maximum atomic E-state index is 14.4. The zero-order valence-electron chi connectivity index (χ0n) is 37.8. The van der Waals surface area contributed by atoms with Gasteiger partial charge in [-0.2, -0.15) is 0 Å². The number of nitrogens with zero attached hydrogens (tertiary/aromatic N) is 1. The summed E-state index contributed by atoms with van der Waals surface area (Å²) in [7, 11) is 5.34. The van der Waals surface area contributed by atoms with E-state index >= 15 is 0 Å². The van der Waals surface area contributed by atoms with E-state index in [9.17, 15) is 30.3 Å². The molecule has 15 nitrogen and oxygen atoms in total. The van der Waals surface area contributed by atoms with Crippen LogP contribution >= 0.6 is 0 Å². The summed E-state index contributed by atoms with van der Waals surface area (Å²) in [6.45, 7) is 18.3. The van der Waals surface area contributed by atoms with E-state index < -0.39 is 95.5 Å². The molecular formula is C43H81N3O12. The lowest BCUT2D eigenvalue weighted by molar-refractivity contribution is -0.336. The first-order valence-corrected chi connectivity index (χ1v) is 22.0. The molecule has 3 heterocycles. The highest BCUT2D eigenvalue weighted by molar-refractivity contribution is 5.73. The monoisotopic (exact) mass is 832 g/mol. The van der Waals surface area contributed by atoms with Crippen molar-refractivity contribution in [1.82, 2.24) is 15.5 Å². The number of ether oxygens (including phenoxy) is 6. The Bertz CT molecular complexity index is 1300. The van der Waals surface area contributed by atoms with E-state index in [1.54, 1.807) is 41.7 Å². The van der Waals surface area contributed by atoms with Crippen molar-refractivity contribution in [3.8, 4) is 0 Å². The molecule has 0 unspecified atom stereocenters. The van der Waals surface area contributed by atoms with Gasteiger partial charge in [0.15, 0.2) is 12.6 Å². The predicted molar refractivity (Wildman–Crippen MR) is 219 cm³/mol. The number of hydrogen-bond acceptors (Lipinski definition) is 15. The Morgan fingerprint density at radius 2 is 1.59 bits per heavy atom. The number of carbonyl (C=O) groups excluding carboxylic acids is 1. The Hall–Kier alpha value is -1.05. The van der Waals surface area contributed by atoms with Crippen LogP contribution in [-0.2, 0) is 33.2 Å². The molecule has 0 spiro atoms. The molecule has 3 aliphatic heterocycles. The van der Waals surface area contributed by atoms with Crippen molar-refractivity contribution in [2.45, 2.75) is 216 Å². The highest BCUT2D eigenvalue weighted by Crippen LogP contribution is 2.43. The lowest BCUT2D eigenvalue weighted by Crippen LogP contribution is -2.70. The number of cyclic esters (lactones) is 1. The lowest BCUT2D eigenvalue weighted by Gasteiger charge is -2.54. The van der Waals surface area contributed by atoms with Gasteiger partial charge in [-0.3, -0.25) is 4.79 Å². The van der Waals surface area contributed by atoms with Crippen LogP contribution < -0.4 is 10.6 Å². The number of esters is 1. The highest BCUT2D eigenvalue weighted by Gasteiger charge is 2.58. The van der Waals surface area contributed by atoms with Crippen molar-refractivity contribution in [3.05, 3.63) is 0 Å². The van der Waals surface area contributed by atoms with Crippen LogP contribution in [0.15, 0.2) is 0 Å². The van der Waals surface area contributed by atoms with Crippen LogP contribution in [0.25, 0.3) is 0 Å². The maximum Gasteiger partial charge on any atom is 0.311 e. The van der Waals surface area contributed by atoms with Crippen molar-refractivity contribution in [2.75, 3.05) is 34.3 Å². The summed E-state index contributed by atoms with van der Waals surface area (Å²) >= 11 is 0. The quantitative estimate of drug-likeness (QED) is 0.158. The molecule has 7 N–H and O–H groups in total. The Morgan fingerprint density at radius 3 is 2.17 bits per heavy atom. The van der Waals surface area contributed by atoms with Gasteiger partial charge in [0.05, 0.1) is 35.9 Å². The minimum Gasteiger partial charge on any atom is -0.459 e. The largest absolute Gasteiger partial charge is 0.459 e. The normalized spacial score (nSPS) is 48.4. The zero-order valence-corrected chi connectivity index (χ0v) is 37.8. The molecule has 15 heteroatoms. The smallest absolute Gasteiger partial charge is 0.311 e. The number of carbonyl (C=O) groups is 1. The lowest BCUT2D eigenvalue weighted by atomic mass is 9.75. The van der Waals surface area contributed by atoms with E-state index in [2.05, 4.69) is 10.6 Å². The molecule has 340 valence electrons. The van der Waals surface area contributed by atoms with Gasteiger partial charge < -0.3 is 69.5 Å². The van der Waals surface area contributed by atoms with Gasteiger partial charge in [-0.25, -0.2) is 0 Å². The molecule has 0 aromatic rings. The molecule has 0 aromatic carbocycles. The number of rotatable bonds is 10. The molecule has 0 aromatic heterocycles. The van der Waals surface area contributed by atoms with E-state index in [4.69, 9.17) is 28.4 Å². The van der Waals surface area contributed by atoms with Crippen LogP contribution in [0.4, 0.5) is 0 Å². The van der Waals surface area contributed by atoms with Crippen LogP contribution in [0.2, 0.25) is 0 Å². The predicted octanol–water partition coefficient (Wildman–Crippen LogP) is 2.46. The third-order valence-electron chi connectivity index (χ3n) is 14.2. The van der Waals surface area contributed by atoms with E-state index in [0.717, 1.165) is 25.7 Å². The van der Waals surface area contributed by atoms with E-state index in [-0.39, 0.29) is 43.9 Å². The summed E-state index contributed by atoms with van der Waals surface area (Å²) in [4.78, 5) is 16.3. The van der Waals surface area contributed by atoms with Crippen LogP contribution in [0.3, 0.4) is 0 Å². The fourth-order valence-corrected chi connectivity index (χ4v) is 10.2. The molecule has 1 aliphatic carbocycles. The first kappa shape index (κ1) is 49.6. The molecule has 1 saturated carbocycles. The Balaban J connectivity index is 1.77. The minimum atomic E-state index is -1.81. The van der Waals surface area contributed by atoms with Crippen LogP contribution in [-0.4, -0.2) is 167 Å². The molecule has 0 radical (unpaired) electrons. The van der Waals surface area contributed by atoms with Crippen molar-refractivity contribution in [1.29, 1.82) is 0 Å². The van der Waals surface area contributed by atoms with Gasteiger partial charge in [0.2, 0.25) is 0 Å². The third kappa shape index (κ3) is 10.9. The standard InChI is InChI=1S/C43H81N3O12/c1-14-32-42(10,51)36(48)28(6)44-22-24(2)20-40(8,50)37(58-39-34(47)31(46(11)12)19-25(3)54-39)26(4)35(27(5)38(49)56-32)57-33-21-41(9,53-13)43(52,29(7)55-33)23-45-30-17-15-16-18-30/h24-37,39,44-45,47-48,50-52H,14-23H2,1-13H3/t24-,25-,26+,27-,28+,29+,31+,32+,33+,34-,35+,36-,37-,39+,40+,41-,42-,43-/m1/s1. The minimum absolute atomic E-state index is 0.106. The number of hydrogen-bond donors (Lipinski definition) is 7. The molecule has 0 amide bonds. The molecule has 58 heavy (non-hydrogen) atoms. The summed E-state index contributed by atoms with van der Waals surface area (Å²) in [6, 6.07) is -0.573. The number of methoxy groups -OCH3 is 1. The second-order valence-electron chi connectivity index (χ2n) is 19.4. The van der Waals surface area contributed by atoms with Crippen molar-refractivity contribution < 1.29 is 58.7 Å². The molecule has 0 bridgehead atoms. The first-order valence-electron chi connectivity index (χ1n) is 22.0. The van der Waals surface area contributed by atoms with Gasteiger partial charge in [0, 0.05) is 44.1 Å². The number of aliphatic hydroxyl groups excluding tert-OH is 2. The molecule has 18 atom stereocenters. The number of aliphatic hydroxyl groups is 5. The van der Waals surface area contributed by atoms with Crippen LogP contribution in [0.1, 0.15) is 121 Å². The van der Waals surface area contributed by atoms with Gasteiger partial charge in [-0.15, -0.1) is 0 Å². The van der Waals surface area contributed by atoms with Crippen LogP contribution in [0.5, 0.6) is 0 Å². The third-order valence-corrected chi connectivity index (χ3v) is 14.2. The summed E-state index contributed by atoms with van der Waals surface area (Å²) in [5.41, 5.74) is -5.94. The number of likely N-dealkylation sites (N-methyl/N-ethyl adjacent to an activating group) is 1. The van der Waals surface area contributed by atoms with Gasteiger partial charge >= 0.3 is 5.97 Å². The molecule has 4 aliphatic rings. The first-order chi connectivity index (χ1) is 26.9. The molecule has 4 rings (SSSR count).